The molecule has 86 valence electrons. The molecule has 0 amide bonds. The van der Waals surface area contributed by atoms with E-state index in [4.69, 9.17) is 5.73 Å². The number of fused-ring (bicyclic) bond motifs is 1. The molecule has 0 aliphatic rings. The first-order valence-corrected chi connectivity index (χ1v) is 5.37. The van der Waals surface area contributed by atoms with Gasteiger partial charge in [-0.2, -0.15) is 9.50 Å². The van der Waals surface area contributed by atoms with Gasteiger partial charge >= 0.3 is 0 Å². The van der Waals surface area contributed by atoms with E-state index in [0.29, 0.717) is 5.78 Å². The number of aryl methyl sites for hydroxylation is 1. The standard InChI is InChI=1S/C10H15N5O/c1-3-4-5-7-6(2)12-10-13-9(11)14-15(10)8(7)16/h3-5H2,1-2H3,(H3,11,12,13,14). The predicted octanol–water partition coefficient (Wildman–Crippen LogP) is 0.651. The van der Waals surface area contributed by atoms with E-state index < -0.39 is 0 Å². The number of H-pyrrole nitrogens is 1. The first-order valence-electron chi connectivity index (χ1n) is 5.37. The van der Waals surface area contributed by atoms with E-state index in [1.165, 1.54) is 4.52 Å². The van der Waals surface area contributed by atoms with Crippen LogP contribution in [0.25, 0.3) is 5.78 Å². The van der Waals surface area contributed by atoms with Crippen LogP contribution in [0.3, 0.4) is 0 Å². The minimum Gasteiger partial charge on any atom is -0.368 e. The number of aromatic amines is 1. The lowest BCUT2D eigenvalue weighted by atomic mass is 10.1. The van der Waals surface area contributed by atoms with Crippen molar-refractivity contribution in [2.45, 2.75) is 33.1 Å². The van der Waals surface area contributed by atoms with Crippen LogP contribution in [-0.2, 0) is 6.42 Å². The van der Waals surface area contributed by atoms with Crippen molar-refractivity contribution in [2.24, 2.45) is 0 Å². The van der Waals surface area contributed by atoms with Gasteiger partial charge in [0.15, 0.2) is 0 Å². The Bertz CT molecular complexity index is 568. The lowest BCUT2D eigenvalue weighted by molar-refractivity contribution is 0.759. The van der Waals surface area contributed by atoms with Gasteiger partial charge in [0.2, 0.25) is 5.95 Å². The number of hydrogen-bond donors (Lipinski definition) is 2. The third-order valence-electron chi connectivity index (χ3n) is 2.59. The molecule has 0 radical (unpaired) electrons. The zero-order valence-corrected chi connectivity index (χ0v) is 9.45. The van der Waals surface area contributed by atoms with Crippen molar-refractivity contribution >= 4 is 11.7 Å². The Kier molecular flexibility index (Phi) is 2.64. The first kappa shape index (κ1) is 10.7. The zero-order valence-electron chi connectivity index (χ0n) is 9.45. The number of aromatic nitrogens is 4. The van der Waals surface area contributed by atoms with Gasteiger partial charge in [-0.05, 0) is 19.8 Å². The van der Waals surface area contributed by atoms with E-state index in [9.17, 15) is 4.79 Å². The largest absolute Gasteiger partial charge is 0.368 e. The number of nitrogens with one attached hydrogen (secondary N) is 1. The van der Waals surface area contributed by atoms with Gasteiger partial charge in [-0.25, -0.2) is 4.98 Å². The minimum atomic E-state index is -0.0971. The lowest BCUT2D eigenvalue weighted by Crippen LogP contribution is -2.22. The second-order valence-corrected chi connectivity index (χ2v) is 3.83. The molecule has 0 aromatic carbocycles. The van der Waals surface area contributed by atoms with Crippen molar-refractivity contribution in [2.75, 3.05) is 5.73 Å². The summed E-state index contributed by atoms with van der Waals surface area (Å²) in [6.07, 6.45) is 2.77. The molecular formula is C10H15N5O. The third kappa shape index (κ3) is 1.66. The monoisotopic (exact) mass is 221 g/mol. The smallest absolute Gasteiger partial charge is 0.277 e. The highest BCUT2D eigenvalue weighted by atomic mass is 16.1. The van der Waals surface area contributed by atoms with Gasteiger partial charge < -0.3 is 5.73 Å². The molecule has 0 saturated carbocycles. The van der Waals surface area contributed by atoms with Gasteiger partial charge in [0.1, 0.15) is 0 Å². The highest BCUT2D eigenvalue weighted by Gasteiger charge is 2.11. The molecular weight excluding hydrogens is 206 g/mol. The van der Waals surface area contributed by atoms with Crippen LogP contribution in [0.5, 0.6) is 0 Å². The van der Waals surface area contributed by atoms with Crippen molar-refractivity contribution in [1.82, 2.24) is 19.6 Å². The van der Waals surface area contributed by atoms with Gasteiger partial charge in [-0.15, -0.1) is 0 Å². The van der Waals surface area contributed by atoms with Crippen molar-refractivity contribution in [1.29, 1.82) is 0 Å². The summed E-state index contributed by atoms with van der Waals surface area (Å²) in [5, 5.41) is 2.68. The van der Waals surface area contributed by atoms with Crippen molar-refractivity contribution < 1.29 is 0 Å². The highest BCUT2D eigenvalue weighted by molar-refractivity contribution is 5.36. The molecule has 6 heteroatoms. The molecule has 0 saturated heterocycles. The summed E-state index contributed by atoms with van der Waals surface area (Å²) in [7, 11) is 0. The number of hydrogen-bond acceptors (Lipinski definition) is 4. The Labute approximate surface area is 92.5 Å². The second kappa shape index (κ2) is 3.96. The van der Waals surface area contributed by atoms with Gasteiger partial charge in [-0.1, -0.05) is 13.3 Å². The highest BCUT2D eigenvalue weighted by Crippen LogP contribution is 2.06. The van der Waals surface area contributed by atoms with E-state index in [2.05, 4.69) is 22.0 Å². The van der Waals surface area contributed by atoms with Crippen LogP contribution < -0.4 is 11.3 Å². The van der Waals surface area contributed by atoms with E-state index in [-0.39, 0.29) is 11.5 Å². The number of anilines is 1. The quantitative estimate of drug-likeness (QED) is 0.796. The summed E-state index contributed by atoms with van der Waals surface area (Å²) in [5.74, 6) is 0.539. The van der Waals surface area contributed by atoms with Crippen LogP contribution in [0.2, 0.25) is 0 Å². The molecule has 0 atom stereocenters. The molecule has 0 fully saturated rings. The molecule has 6 nitrogen and oxygen atoms in total. The van der Waals surface area contributed by atoms with Gasteiger partial charge in [-0.3, -0.25) is 9.89 Å². The fourth-order valence-electron chi connectivity index (χ4n) is 1.71. The molecule has 2 aromatic rings. The van der Waals surface area contributed by atoms with E-state index in [0.717, 1.165) is 30.5 Å². The number of unbranched alkanes of at least 4 members (excludes halogenated alkanes) is 1. The average Bonchev–Trinajstić information content (AvgIpc) is 2.59. The van der Waals surface area contributed by atoms with E-state index in [1.807, 2.05) is 6.92 Å². The third-order valence-corrected chi connectivity index (χ3v) is 2.59. The summed E-state index contributed by atoms with van der Waals surface area (Å²) >= 11 is 0. The van der Waals surface area contributed by atoms with Crippen LogP contribution >= 0.6 is 0 Å². The molecule has 16 heavy (non-hydrogen) atoms. The van der Waals surface area contributed by atoms with E-state index >= 15 is 0 Å². The zero-order chi connectivity index (χ0) is 11.7. The fraction of sp³-hybridized carbons (Fsp3) is 0.500. The predicted molar refractivity (Wildman–Crippen MR) is 61.4 cm³/mol. The minimum absolute atomic E-state index is 0.0971. The molecule has 2 aromatic heterocycles. The summed E-state index contributed by atoms with van der Waals surface area (Å²) in [4.78, 5) is 20.2. The van der Waals surface area contributed by atoms with Crippen LogP contribution in [0, 0.1) is 6.92 Å². The maximum atomic E-state index is 12.1. The van der Waals surface area contributed by atoms with Crippen LogP contribution in [-0.4, -0.2) is 19.6 Å². The van der Waals surface area contributed by atoms with Gasteiger partial charge in [0, 0.05) is 5.56 Å². The Morgan fingerprint density at radius 2 is 2.19 bits per heavy atom. The normalized spacial score (nSPS) is 11.1. The topological polar surface area (TPSA) is 89.1 Å². The van der Waals surface area contributed by atoms with Crippen molar-refractivity contribution in [3.05, 3.63) is 21.6 Å². The molecule has 0 spiro atoms. The molecule has 0 aliphatic heterocycles. The van der Waals surface area contributed by atoms with Gasteiger partial charge in [0.25, 0.3) is 11.3 Å². The molecule has 0 bridgehead atoms. The SMILES string of the molecule is CCCCc1c(C)nc2nc(N)[nH]n2c1=O. The van der Waals surface area contributed by atoms with Crippen molar-refractivity contribution in [3.63, 3.8) is 0 Å². The summed E-state index contributed by atoms with van der Waals surface area (Å²) < 4.78 is 1.30. The summed E-state index contributed by atoms with van der Waals surface area (Å²) in [6.45, 7) is 3.92. The second-order valence-electron chi connectivity index (χ2n) is 3.83. The van der Waals surface area contributed by atoms with Crippen LogP contribution in [0.15, 0.2) is 4.79 Å². The maximum absolute atomic E-state index is 12.1. The van der Waals surface area contributed by atoms with Crippen molar-refractivity contribution in [3.8, 4) is 0 Å². The van der Waals surface area contributed by atoms with Crippen LogP contribution in [0.1, 0.15) is 31.0 Å². The Morgan fingerprint density at radius 3 is 2.88 bits per heavy atom. The summed E-state index contributed by atoms with van der Waals surface area (Å²) in [5.41, 5.74) is 6.88. The Hall–Kier alpha value is -1.85. The Morgan fingerprint density at radius 1 is 1.44 bits per heavy atom. The summed E-state index contributed by atoms with van der Waals surface area (Å²) in [6, 6.07) is 0. The lowest BCUT2D eigenvalue weighted by Gasteiger charge is -2.03. The van der Waals surface area contributed by atoms with Crippen LogP contribution in [0.4, 0.5) is 5.95 Å². The number of nitrogens with two attached hydrogens (primary N) is 1. The van der Waals surface area contributed by atoms with E-state index in [1.54, 1.807) is 0 Å². The molecule has 3 N–H and O–H groups in total. The first-order chi connectivity index (χ1) is 7.63. The maximum Gasteiger partial charge on any atom is 0.277 e. The number of nitrogens with zero attached hydrogens (tertiary/aromatic N) is 3. The number of rotatable bonds is 3. The Balaban J connectivity index is 2.60. The molecule has 2 rings (SSSR count). The molecule has 2 heterocycles. The van der Waals surface area contributed by atoms with Gasteiger partial charge in [0.05, 0.1) is 5.69 Å². The molecule has 0 aliphatic carbocycles. The molecule has 0 unspecified atom stereocenters. The number of nitrogen functional groups attached to an aromatic ring is 1. The fourth-order valence-corrected chi connectivity index (χ4v) is 1.71. The average molecular weight is 221 g/mol.